The molecule has 0 spiro atoms. The molecule has 0 radical (unpaired) electrons. The van der Waals surface area contributed by atoms with Gasteiger partial charge in [0.05, 0.1) is 17.6 Å². The molecule has 0 saturated carbocycles. The predicted molar refractivity (Wildman–Crippen MR) is 86.2 cm³/mol. The van der Waals surface area contributed by atoms with Crippen LogP contribution in [0.5, 0.6) is 0 Å². The molecular weight excluding hydrogens is 318 g/mol. The van der Waals surface area contributed by atoms with Gasteiger partial charge in [-0.15, -0.1) is 0 Å². The zero-order valence-corrected chi connectivity index (χ0v) is 13.8. The van der Waals surface area contributed by atoms with Gasteiger partial charge in [0.2, 0.25) is 0 Å². The number of nitrogens with two attached hydrogens (primary N) is 1. The highest BCUT2D eigenvalue weighted by molar-refractivity contribution is 7.87. The minimum atomic E-state index is -3.58. The van der Waals surface area contributed by atoms with Crippen molar-refractivity contribution < 1.29 is 8.42 Å². The van der Waals surface area contributed by atoms with Crippen LogP contribution in [0.25, 0.3) is 5.78 Å². The van der Waals surface area contributed by atoms with Crippen LogP contribution >= 0.6 is 0 Å². The SMILES string of the molecule is Cc1nc2ncnn2cc1N1CCC(CCNS(N)(=O)=O)CC1. The van der Waals surface area contributed by atoms with Crippen molar-refractivity contribution in [1.29, 1.82) is 0 Å². The van der Waals surface area contributed by atoms with Crippen LogP contribution in [0.4, 0.5) is 5.69 Å². The summed E-state index contributed by atoms with van der Waals surface area (Å²) < 4.78 is 25.8. The fraction of sp³-hybridized carbons (Fsp3) is 0.615. The zero-order valence-electron chi connectivity index (χ0n) is 13.0. The van der Waals surface area contributed by atoms with Crippen LogP contribution in [-0.4, -0.2) is 47.6 Å². The van der Waals surface area contributed by atoms with Gasteiger partial charge in [-0.25, -0.2) is 19.4 Å². The Balaban J connectivity index is 1.58. The van der Waals surface area contributed by atoms with Crippen molar-refractivity contribution in [2.75, 3.05) is 24.5 Å². The molecule has 2 aromatic heterocycles. The first kappa shape index (κ1) is 16.1. The van der Waals surface area contributed by atoms with E-state index in [1.54, 1.807) is 4.52 Å². The fourth-order valence-corrected chi connectivity index (χ4v) is 3.41. The van der Waals surface area contributed by atoms with Gasteiger partial charge in [-0.3, -0.25) is 0 Å². The number of aromatic nitrogens is 4. The summed E-state index contributed by atoms with van der Waals surface area (Å²) in [4.78, 5) is 10.8. The highest BCUT2D eigenvalue weighted by atomic mass is 32.2. The Morgan fingerprint density at radius 3 is 2.83 bits per heavy atom. The van der Waals surface area contributed by atoms with Gasteiger partial charge in [0.1, 0.15) is 6.33 Å². The standard InChI is InChI=1S/C13H21N7O2S/c1-10-12(8-20-13(18-10)15-9-16-20)19-6-3-11(4-7-19)2-5-17-23(14,21)22/h8-9,11,17H,2-7H2,1H3,(H2,14,21,22). The Labute approximate surface area is 135 Å². The van der Waals surface area contributed by atoms with Crippen LogP contribution in [-0.2, 0) is 10.2 Å². The number of piperidine rings is 1. The molecule has 3 N–H and O–H groups in total. The predicted octanol–water partition coefficient (Wildman–Crippen LogP) is -0.168. The van der Waals surface area contributed by atoms with Crippen LogP contribution in [0, 0.1) is 12.8 Å². The largest absolute Gasteiger partial charge is 0.369 e. The average molecular weight is 339 g/mol. The summed E-state index contributed by atoms with van der Waals surface area (Å²) in [5.74, 6) is 1.11. The molecule has 9 nitrogen and oxygen atoms in total. The lowest BCUT2D eigenvalue weighted by atomic mass is 9.93. The number of nitrogens with one attached hydrogen (secondary N) is 1. The van der Waals surface area contributed by atoms with Crippen molar-refractivity contribution in [3.63, 3.8) is 0 Å². The quantitative estimate of drug-likeness (QED) is 0.781. The van der Waals surface area contributed by atoms with E-state index in [1.807, 2.05) is 13.1 Å². The molecule has 0 aromatic carbocycles. The maximum Gasteiger partial charge on any atom is 0.274 e. The van der Waals surface area contributed by atoms with Gasteiger partial charge in [0.15, 0.2) is 0 Å². The third kappa shape index (κ3) is 3.95. The first-order valence-corrected chi connectivity index (χ1v) is 9.16. The van der Waals surface area contributed by atoms with Crippen LogP contribution in [0.2, 0.25) is 0 Å². The number of aryl methyl sites for hydroxylation is 1. The van der Waals surface area contributed by atoms with E-state index in [0.29, 0.717) is 18.2 Å². The third-order valence-corrected chi connectivity index (χ3v) is 4.85. The van der Waals surface area contributed by atoms with Crippen LogP contribution < -0.4 is 14.8 Å². The van der Waals surface area contributed by atoms with E-state index in [-0.39, 0.29) is 0 Å². The Morgan fingerprint density at radius 1 is 1.39 bits per heavy atom. The molecule has 1 aliphatic rings. The van der Waals surface area contributed by atoms with E-state index in [0.717, 1.165) is 43.7 Å². The van der Waals surface area contributed by atoms with Crippen molar-refractivity contribution in [2.45, 2.75) is 26.2 Å². The maximum absolute atomic E-state index is 10.9. The molecule has 0 bridgehead atoms. The summed E-state index contributed by atoms with van der Waals surface area (Å²) in [5, 5.41) is 9.07. The lowest BCUT2D eigenvalue weighted by Gasteiger charge is -2.34. The van der Waals surface area contributed by atoms with Gasteiger partial charge in [-0.05, 0) is 32.1 Å². The molecule has 23 heavy (non-hydrogen) atoms. The molecule has 0 unspecified atom stereocenters. The number of fused-ring (bicyclic) bond motifs is 1. The molecule has 3 heterocycles. The summed E-state index contributed by atoms with van der Waals surface area (Å²) >= 11 is 0. The minimum Gasteiger partial charge on any atom is -0.369 e. The van der Waals surface area contributed by atoms with Gasteiger partial charge >= 0.3 is 0 Å². The van der Waals surface area contributed by atoms with Crippen LogP contribution in [0.15, 0.2) is 12.5 Å². The first-order valence-electron chi connectivity index (χ1n) is 7.62. The summed E-state index contributed by atoms with van der Waals surface area (Å²) in [7, 11) is -3.58. The van der Waals surface area contributed by atoms with Crippen molar-refractivity contribution in [2.24, 2.45) is 11.1 Å². The third-order valence-electron chi connectivity index (χ3n) is 4.25. The number of rotatable bonds is 5. The van der Waals surface area contributed by atoms with Crippen molar-refractivity contribution in [3.05, 3.63) is 18.2 Å². The van der Waals surface area contributed by atoms with Gasteiger partial charge < -0.3 is 4.90 Å². The van der Waals surface area contributed by atoms with Gasteiger partial charge in [0.25, 0.3) is 16.0 Å². The van der Waals surface area contributed by atoms with E-state index in [4.69, 9.17) is 5.14 Å². The van der Waals surface area contributed by atoms with Gasteiger partial charge in [-0.2, -0.15) is 18.5 Å². The average Bonchev–Trinajstić information content (AvgIpc) is 2.93. The molecule has 0 atom stereocenters. The lowest BCUT2D eigenvalue weighted by Crippen LogP contribution is -2.37. The summed E-state index contributed by atoms with van der Waals surface area (Å²) in [5.41, 5.74) is 2.02. The van der Waals surface area contributed by atoms with E-state index < -0.39 is 10.2 Å². The molecule has 3 rings (SSSR count). The second-order valence-corrected chi connectivity index (χ2v) is 7.25. The smallest absolute Gasteiger partial charge is 0.274 e. The number of nitrogens with zero attached hydrogens (tertiary/aromatic N) is 5. The molecular formula is C13H21N7O2S. The molecule has 0 amide bonds. The summed E-state index contributed by atoms with van der Waals surface area (Å²) in [6, 6.07) is 0. The number of hydrogen-bond acceptors (Lipinski definition) is 6. The summed E-state index contributed by atoms with van der Waals surface area (Å²) in [6.45, 7) is 4.21. The first-order chi connectivity index (χ1) is 10.9. The highest BCUT2D eigenvalue weighted by Crippen LogP contribution is 2.26. The second kappa shape index (κ2) is 6.38. The Kier molecular flexibility index (Phi) is 4.46. The molecule has 126 valence electrons. The van der Waals surface area contributed by atoms with E-state index >= 15 is 0 Å². The molecule has 1 fully saturated rings. The van der Waals surface area contributed by atoms with Gasteiger partial charge in [-0.1, -0.05) is 0 Å². The van der Waals surface area contributed by atoms with Gasteiger partial charge in [0, 0.05) is 19.6 Å². The Bertz CT molecular complexity index is 781. The number of hydrogen-bond donors (Lipinski definition) is 2. The topological polar surface area (TPSA) is 119 Å². The zero-order chi connectivity index (χ0) is 16.4. The van der Waals surface area contributed by atoms with Crippen LogP contribution in [0.3, 0.4) is 0 Å². The van der Waals surface area contributed by atoms with Crippen molar-refractivity contribution in [3.8, 4) is 0 Å². The number of anilines is 1. The van der Waals surface area contributed by atoms with Crippen molar-refractivity contribution >= 4 is 21.7 Å². The molecule has 2 aromatic rings. The minimum absolute atomic E-state index is 0.398. The molecule has 1 aliphatic heterocycles. The Morgan fingerprint density at radius 2 is 2.13 bits per heavy atom. The van der Waals surface area contributed by atoms with E-state index in [9.17, 15) is 8.42 Å². The van der Waals surface area contributed by atoms with Crippen molar-refractivity contribution in [1.82, 2.24) is 24.3 Å². The monoisotopic (exact) mass is 339 g/mol. The maximum atomic E-state index is 10.9. The summed E-state index contributed by atoms with van der Waals surface area (Å²) in [6.07, 6.45) is 6.30. The second-order valence-electron chi connectivity index (χ2n) is 5.87. The lowest BCUT2D eigenvalue weighted by molar-refractivity contribution is 0.381. The fourth-order valence-electron chi connectivity index (χ4n) is 3.01. The van der Waals surface area contributed by atoms with Crippen LogP contribution in [0.1, 0.15) is 25.0 Å². The molecule has 1 saturated heterocycles. The Hall–Kier alpha value is -1.78. The molecule has 0 aliphatic carbocycles. The normalized spacial score (nSPS) is 17.0. The molecule has 10 heteroatoms. The highest BCUT2D eigenvalue weighted by Gasteiger charge is 2.21. The van der Waals surface area contributed by atoms with E-state index in [1.165, 1.54) is 6.33 Å². The van der Waals surface area contributed by atoms with E-state index in [2.05, 4.69) is 24.7 Å².